The van der Waals surface area contributed by atoms with Crippen molar-refractivity contribution in [3.05, 3.63) is 99.5 Å². The zero-order valence-corrected chi connectivity index (χ0v) is 26.3. The minimum absolute atomic E-state index is 0.0147. The molecule has 1 amide bonds. The highest BCUT2D eigenvalue weighted by Crippen LogP contribution is 2.25. The predicted molar refractivity (Wildman–Crippen MR) is 168 cm³/mol. The summed E-state index contributed by atoms with van der Waals surface area (Å²) in [5.74, 6) is -0.105. The van der Waals surface area contributed by atoms with Crippen molar-refractivity contribution in [2.45, 2.75) is 44.8 Å². The summed E-state index contributed by atoms with van der Waals surface area (Å²) in [6.45, 7) is 1.15. The van der Waals surface area contributed by atoms with Crippen molar-refractivity contribution in [2.75, 3.05) is 26.0 Å². The van der Waals surface area contributed by atoms with Gasteiger partial charge in [-0.1, -0.05) is 71.7 Å². The number of aryl methyl sites for hydroxylation is 1. The second-order valence-electron chi connectivity index (χ2n) is 10.6. The van der Waals surface area contributed by atoms with E-state index < -0.39 is 22.0 Å². The first-order valence-corrected chi connectivity index (χ1v) is 16.5. The first kappa shape index (κ1) is 32.8. The molecule has 1 fully saturated rings. The summed E-state index contributed by atoms with van der Waals surface area (Å²) >= 11 is 12.0. The predicted octanol–water partition coefficient (Wildman–Crippen LogP) is 5.45. The van der Waals surface area contributed by atoms with Crippen LogP contribution in [0.4, 0.5) is 0 Å². The van der Waals surface area contributed by atoms with E-state index in [1.807, 2.05) is 54.6 Å². The standard InChI is InChI=1S/C32H36Cl2N2O6S/c1-41-32(38)30(20-23-7-10-27(11-8-23)42-22-26-5-3-2-4-6-26)35-31(37)21-25-13-16-36(17-14-25)43(39,40)18-15-24-9-12-28(33)29(34)19-24/h2-12,19,25,30H,13-18,20-22H2,1H3,(H,35,37)/t30-/m0/s1. The monoisotopic (exact) mass is 646 g/mol. The van der Waals surface area contributed by atoms with Gasteiger partial charge in [0.15, 0.2) is 0 Å². The quantitative estimate of drug-likeness (QED) is 0.248. The molecule has 11 heteroatoms. The number of piperidine rings is 1. The molecule has 0 saturated carbocycles. The number of esters is 1. The lowest BCUT2D eigenvalue weighted by atomic mass is 9.94. The average molecular weight is 648 g/mol. The molecule has 1 N–H and O–H groups in total. The van der Waals surface area contributed by atoms with Crippen LogP contribution in [0.15, 0.2) is 72.8 Å². The molecule has 1 atom stereocenters. The maximum absolute atomic E-state index is 12.9. The molecule has 1 aliphatic rings. The molecular weight excluding hydrogens is 611 g/mol. The highest BCUT2D eigenvalue weighted by atomic mass is 35.5. The Bertz CT molecular complexity index is 1480. The summed E-state index contributed by atoms with van der Waals surface area (Å²) in [5.41, 5.74) is 2.71. The number of carbonyl (C=O) groups excluding carboxylic acids is 2. The topological polar surface area (TPSA) is 102 Å². The number of sulfonamides is 1. The van der Waals surface area contributed by atoms with E-state index in [2.05, 4.69) is 5.32 Å². The second kappa shape index (κ2) is 15.6. The summed E-state index contributed by atoms with van der Waals surface area (Å²) in [6.07, 6.45) is 1.93. The number of rotatable bonds is 13. The Hall–Kier alpha value is -3.11. The van der Waals surface area contributed by atoms with Gasteiger partial charge in [-0.2, -0.15) is 0 Å². The molecule has 230 valence electrons. The molecule has 3 aromatic carbocycles. The fourth-order valence-electron chi connectivity index (χ4n) is 5.01. The molecule has 1 aliphatic heterocycles. The number of benzene rings is 3. The molecule has 0 spiro atoms. The lowest BCUT2D eigenvalue weighted by Crippen LogP contribution is -2.45. The first-order valence-electron chi connectivity index (χ1n) is 14.2. The van der Waals surface area contributed by atoms with Crippen molar-refractivity contribution in [2.24, 2.45) is 5.92 Å². The number of carbonyl (C=O) groups is 2. The van der Waals surface area contributed by atoms with Crippen LogP contribution in [0.3, 0.4) is 0 Å². The van der Waals surface area contributed by atoms with Gasteiger partial charge in [-0.05, 0) is 66.1 Å². The summed E-state index contributed by atoms with van der Waals surface area (Å²) in [5, 5.41) is 3.64. The molecule has 0 aliphatic carbocycles. The average Bonchev–Trinajstić information content (AvgIpc) is 3.01. The summed E-state index contributed by atoms with van der Waals surface area (Å²) < 4.78 is 38.1. The lowest BCUT2D eigenvalue weighted by molar-refractivity contribution is -0.145. The van der Waals surface area contributed by atoms with Crippen LogP contribution in [-0.4, -0.2) is 56.6 Å². The van der Waals surface area contributed by atoms with Crippen LogP contribution in [-0.2, 0) is 43.8 Å². The molecule has 3 aromatic rings. The maximum atomic E-state index is 12.9. The summed E-state index contributed by atoms with van der Waals surface area (Å²) in [4.78, 5) is 25.4. The molecule has 1 heterocycles. The highest BCUT2D eigenvalue weighted by Gasteiger charge is 2.30. The second-order valence-corrected chi connectivity index (χ2v) is 13.5. The van der Waals surface area contributed by atoms with E-state index in [9.17, 15) is 18.0 Å². The molecular formula is C32H36Cl2N2O6S. The van der Waals surface area contributed by atoms with Crippen molar-refractivity contribution in [1.29, 1.82) is 0 Å². The van der Waals surface area contributed by atoms with Gasteiger partial charge in [-0.25, -0.2) is 17.5 Å². The van der Waals surface area contributed by atoms with Crippen LogP contribution < -0.4 is 10.1 Å². The SMILES string of the molecule is COC(=O)[C@H](Cc1ccc(OCc2ccccc2)cc1)NC(=O)CC1CCN(S(=O)(=O)CCc2ccc(Cl)c(Cl)c2)CC1. The number of methoxy groups -OCH3 is 1. The van der Waals surface area contributed by atoms with Crippen LogP contribution >= 0.6 is 23.2 Å². The Balaban J connectivity index is 1.23. The third-order valence-corrected chi connectivity index (χ3v) is 10.1. The van der Waals surface area contributed by atoms with E-state index in [1.54, 1.807) is 18.2 Å². The highest BCUT2D eigenvalue weighted by molar-refractivity contribution is 7.89. The molecule has 0 unspecified atom stereocenters. The third kappa shape index (κ3) is 9.96. The van der Waals surface area contributed by atoms with Crippen LogP contribution in [0.5, 0.6) is 5.75 Å². The zero-order chi connectivity index (χ0) is 30.8. The molecule has 43 heavy (non-hydrogen) atoms. The Kier molecular flexibility index (Phi) is 11.9. The molecule has 8 nitrogen and oxygen atoms in total. The molecule has 4 rings (SSSR count). The van der Waals surface area contributed by atoms with Crippen molar-refractivity contribution >= 4 is 45.1 Å². The van der Waals surface area contributed by atoms with Crippen molar-refractivity contribution < 1.29 is 27.5 Å². The Morgan fingerprint density at radius 2 is 1.60 bits per heavy atom. The first-order chi connectivity index (χ1) is 20.6. The van der Waals surface area contributed by atoms with Crippen molar-refractivity contribution in [1.82, 2.24) is 9.62 Å². The van der Waals surface area contributed by atoms with Gasteiger partial charge in [0.05, 0.1) is 22.9 Å². The number of ether oxygens (including phenoxy) is 2. The van der Waals surface area contributed by atoms with E-state index >= 15 is 0 Å². The van der Waals surface area contributed by atoms with E-state index in [4.69, 9.17) is 32.7 Å². The van der Waals surface area contributed by atoms with E-state index in [1.165, 1.54) is 11.4 Å². The lowest BCUT2D eigenvalue weighted by Gasteiger charge is -2.31. The number of hydrogen-bond donors (Lipinski definition) is 1. The van der Waals surface area contributed by atoms with Crippen molar-refractivity contribution in [3.8, 4) is 5.75 Å². The summed E-state index contributed by atoms with van der Waals surface area (Å²) in [7, 11) is -2.17. The van der Waals surface area contributed by atoms with Crippen LogP contribution in [0.25, 0.3) is 0 Å². The van der Waals surface area contributed by atoms with Crippen molar-refractivity contribution in [3.63, 3.8) is 0 Å². The van der Waals surface area contributed by atoms with Gasteiger partial charge in [0.1, 0.15) is 18.4 Å². The van der Waals surface area contributed by atoms with Gasteiger partial charge >= 0.3 is 5.97 Å². The third-order valence-electron chi connectivity index (χ3n) is 7.51. The smallest absolute Gasteiger partial charge is 0.328 e. The van der Waals surface area contributed by atoms with E-state index in [0.29, 0.717) is 54.8 Å². The van der Waals surface area contributed by atoms with Gasteiger partial charge in [0.25, 0.3) is 0 Å². The Labute approximate surface area is 263 Å². The fraction of sp³-hybridized carbons (Fsp3) is 0.375. The van der Waals surface area contributed by atoms with Gasteiger partial charge < -0.3 is 14.8 Å². The van der Waals surface area contributed by atoms with Gasteiger partial charge in [0.2, 0.25) is 15.9 Å². The Morgan fingerprint density at radius 3 is 2.26 bits per heavy atom. The molecule has 0 radical (unpaired) electrons. The van der Waals surface area contributed by atoms with Gasteiger partial charge in [-0.15, -0.1) is 0 Å². The van der Waals surface area contributed by atoms with Crippen LogP contribution in [0, 0.1) is 5.92 Å². The van der Waals surface area contributed by atoms with Crippen LogP contribution in [0.1, 0.15) is 36.0 Å². The van der Waals surface area contributed by atoms with E-state index in [0.717, 1.165) is 16.7 Å². The van der Waals surface area contributed by atoms with Gasteiger partial charge in [0, 0.05) is 25.9 Å². The minimum atomic E-state index is -3.46. The number of amides is 1. The normalized spacial score (nSPS) is 15.0. The largest absolute Gasteiger partial charge is 0.489 e. The molecule has 1 saturated heterocycles. The zero-order valence-electron chi connectivity index (χ0n) is 24.0. The number of halogens is 2. The fourth-order valence-corrected chi connectivity index (χ4v) is 6.85. The maximum Gasteiger partial charge on any atom is 0.328 e. The minimum Gasteiger partial charge on any atom is -0.489 e. The van der Waals surface area contributed by atoms with Gasteiger partial charge in [-0.3, -0.25) is 4.79 Å². The molecule has 0 aromatic heterocycles. The number of nitrogens with zero attached hydrogens (tertiary/aromatic N) is 1. The van der Waals surface area contributed by atoms with Crippen LogP contribution in [0.2, 0.25) is 10.0 Å². The number of nitrogens with one attached hydrogen (secondary N) is 1. The molecule has 0 bridgehead atoms. The Morgan fingerprint density at radius 1 is 0.930 bits per heavy atom. The number of hydrogen-bond acceptors (Lipinski definition) is 6. The van der Waals surface area contributed by atoms with E-state index in [-0.39, 0.29) is 30.4 Å². The summed E-state index contributed by atoms with van der Waals surface area (Å²) in [6, 6.07) is 21.5.